The van der Waals surface area contributed by atoms with Crippen LogP contribution in [0.3, 0.4) is 0 Å². The van der Waals surface area contributed by atoms with E-state index in [0.29, 0.717) is 27.0 Å². The van der Waals surface area contributed by atoms with Gasteiger partial charge in [0, 0.05) is 10.6 Å². The van der Waals surface area contributed by atoms with E-state index in [1.54, 1.807) is 6.07 Å². The smallest absolute Gasteiger partial charge is 0.241 e. The molecule has 0 amide bonds. The van der Waals surface area contributed by atoms with Crippen LogP contribution in [0.5, 0.6) is 0 Å². The molecule has 26 heavy (non-hydrogen) atoms. The Morgan fingerprint density at radius 2 is 1.96 bits per heavy atom. The van der Waals surface area contributed by atoms with Crippen LogP contribution in [0.4, 0.5) is 10.7 Å². The summed E-state index contributed by atoms with van der Waals surface area (Å²) in [6.45, 7) is 1.83. The summed E-state index contributed by atoms with van der Waals surface area (Å²) in [6.07, 6.45) is 0. The van der Waals surface area contributed by atoms with E-state index >= 15 is 0 Å². The van der Waals surface area contributed by atoms with Crippen LogP contribution in [0, 0.1) is 12.3 Å². The lowest BCUT2D eigenvalue weighted by molar-refractivity contribution is -0.112. The highest BCUT2D eigenvalue weighted by Gasteiger charge is 2.18. The van der Waals surface area contributed by atoms with Crippen molar-refractivity contribution < 1.29 is 4.79 Å². The van der Waals surface area contributed by atoms with Gasteiger partial charge < -0.3 is 4.57 Å². The average Bonchev–Trinajstić information content (AvgIpc) is 2.89. The minimum absolute atomic E-state index is 0.141. The van der Waals surface area contributed by atoms with Crippen molar-refractivity contribution in [3.8, 4) is 11.3 Å². The Kier molecular flexibility index (Phi) is 5.66. The number of aryl methyl sites for hydroxylation is 1. The predicted octanol–water partition coefficient (Wildman–Crippen LogP) is 5.84. The maximum absolute atomic E-state index is 11.4. The largest absolute Gasteiger partial charge is 0.306 e. The van der Waals surface area contributed by atoms with Crippen LogP contribution < -0.4 is 4.80 Å². The molecule has 3 rings (SSSR count). The van der Waals surface area contributed by atoms with Gasteiger partial charge in [-0.05, 0) is 42.3 Å². The van der Waals surface area contributed by atoms with Crippen LogP contribution in [0.1, 0.15) is 5.56 Å². The van der Waals surface area contributed by atoms with Gasteiger partial charge in [0.2, 0.25) is 5.24 Å². The van der Waals surface area contributed by atoms with Crippen LogP contribution in [0.25, 0.3) is 11.3 Å². The summed E-state index contributed by atoms with van der Waals surface area (Å²) in [6, 6.07) is 14.8. The summed E-state index contributed by atoms with van der Waals surface area (Å²) in [5.74, 6) is 0. The number of halogens is 2. The number of benzene rings is 2. The first-order chi connectivity index (χ1) is 12.5. The van der Waals surface area contributed by atoms with Crippen molar-refractivity contribution in [3.63, 3.8) is 0 Å². The molecule has 1 N–H and O–H groups in total. The van der Waals surface area contributed by atoms with Crippen LogP contribution in [0.15, 0.2) is 58.8 Å². The van der Waals surface area contributed by atoms with Gasteiger partial charge in [-0.15, -0.1) is 10.2 Å². The van der Waals surface area contributed by atoms with Crippen molar-refractivity contribution >= 4 is 50.5 Å². The Morgan fingerprint density at radius 3 is 2.65 bits per heavy atom. The number of azo groups is 1. The molecule has 0 radical (unpaired) electrons. The molecule has 5 nitrogen and oxygen atoms in total. The molecule has 0 atom stereocenters. The molecule has 0 saturated heterocycles. The second-order valence-corrected chi connectivity index (χ2v) is 7.33. The van der Waals surface area contributed by atoms with Crippen LogP contribution >= 0.6 is 34.5 Å². The lowest BCUT2D eigenvalue weighted by Crippen LogP contribution is -2.17. The SMILES string of the molecule is Cc1cccc(N=Nc2sc(=N)n(CC(=O)Cl)c2-c2ccccc2Cl)c1. The third-order valence-electron chi connectivity index (χ3n) is 3.58. The summed E-state index contributed by atoms with van der Waals surface area (Å²) in [7, 11) is 0. The summed E-state index contributed by atoms with van der Waals surface area (Å²) >= 11 is 13.0. The van der Waals surface area contributed by atoms with E-state index in [9.17, 15) is 4.79 Å². The molecule has 0 aliphatic rings. The van der Waals surface area contributed by atoms with Gasteiger partial charge in [0.05, 0.1) is 17.9 Å². The summed E-state index contributed by atoms with van der Waals surface area (Å²) in [5.41, 5.74) is 2.99. The maximum atomic E-state index is 11.4. The number of thiazole rings is 1. The third-order valence-corrected chi connectivity index (χ3v) is 4.91. The van der Waals surface area contributed by atoms with Crippen LogP contribution in [-0.4, -0.2) is 9.81 Å². The van der Waals surface area contributed by atoms with Gasteiger partial charge in [0.25, 0.3) is 0 Å². The number of hydrogen-bond acceptors (Lipinski definition) is 5. The summed E-state index contributed by atoms with van der Waals surface area (Å²) in [4.78, 5) is 11.6. The van der Waals surface area contributed by atoms with E-state index in [4.69, 9.17) is 28.6 Å². The van der Waals surface area contributed by atoms with Gasteiger partial charge in [-0.3, -0.25) is 10.2 Å². The fourth-order valence-corrected chi connectivity index (χ4v) is 3.65. The molecule has 1 aromatic heterocycles. The molecule has 1 heterocycles. The van der Waals surface area contributed by atoms with Crippen molar-refractivity contribution in [1.82, 2.24) is 4.57 Å². The normalized spacial score (nSPS) is 11.2. The minimum Gasteiger partial charge on any atom is -0.306 e. The Hall–Kier alpha value is -2.28. The highest BCUT2D eigenvalue weighted by atomic mass is 35.5. The Labute approximate surface area is 164 Å². The molecule has 0 saturated carbocycles. The molecule has 0 unspecified atom stereocenters. The number of nitrogens with one attached hydrogen (secondary N) is 1. The van der Waals surface area contributed by atoms with Gasteiger partial charge >= 0.3 is 0 Å². The molecule has 0 aliphatic heterocycles. The van der Waals surface area contributed by atoms with Gasteiger partial charge in [-0.25, -0.2) is 0 Å². The Balaban J connectivity index is 2.15. The first kappa shape index (κ1) is 18.5. The van der Waals surface area contributed by atoms with Crippen molar-refractivity contribution in [3.05, 3.63) is 63.9 Å². The number of carbonyl (C=O) groups excluding carboxylic acids is 1. The molecular weight excluding hydrogens is 391 g/mol. The van der Waals surface area contributed by atoms with E-state index in [2.05, 4.69) is 10.2 Å². The van der Waals surface area contributed by atoms with Crippen molar-refractivity contribution in [2.24, 2.45) is 10.2 Å². The number of rotatable bonds is 5. The fraction of sp³-hybridized carbons (Fsp3) is 0.111. The molecular formula is C18H14Cl2N4OS. The molecule has 3 aromatic rings. The summed E-state index contributed by atoms with van der Waals surface area (Å²) < 4.78 is 1.49. The molecule has 8 heteroatoms. The van der Waals surface area contributed by atoms with Crippen molar-refractivity contribution in [2.45, 2.75) is 13.5 Å². The highest BCUT2D eigenvalue weighted by molar-refractivity contribution is 7.13. The first-order valence-corrected chi connectivity index (χ1v) is 9.23. The topological polar surface area (TPSA) is 70.6 Å². The zero-order valence-corrected chi connectivity index (χ0v) is 16.1. The summed E-state index contributed by atoms with van der Waals surface area (Å²) in [5, 5.41) is 17.2. The van der Waals surface area contributed by atoms with E-state index in [0.717, 1.165) is 16.9 Å². The molecule has 0 aliphatic carbocycles. The van der Waals surface area contributed by atoms with Crippen LogP contribution in [-0.2, 0) is 11.3 Å². The number of aromatic nitrogens is 1. The van der Waals surface area contributed by atoms with Crippen molar-refractivity contribution in [1.29, 1.82) is 5.41 Å². The minimum atomic E-state index is -0.572. The van der Waals surface area contributed by atoms with Gasteiger partial charge in [0.1, 0.15) is 0 Å². The maximum Gasteiger partial charge on any atom is 0.241 e. The van der Waals surface area contributed by atoms with Gasteiger partial charge in [0.15, 0.2) is 9.80 Å². The Bertz CT molecular complexity index is 1060. The quantitative estimate of drug-likeness (QED) is 0.421. The zero-order chi connectivity index (χ0) is 18.7. The second-order valence-electron chi connectivity index (χ2n) is 5.52. The second kappa shape index (κ2) is 7.95. The fourth-order valence-electron chi connectivity index (χ4n) is 2.46. The van der Waals surface area contributed by atoms with Crippen molar-refractivity contribution in [2.75, 3.05) is 0 Å². The lowest BCUT2D eigenvalue weighted by Gasteiger charge is -2.08. The predicted molar refractivity (Wildman–Crippen MR) is 105 cm³/mol. The van der Waals surface area contributed by atoms with Crippen LogP contribution in [0.2, 0.25) is 5.02 Å². The van der Waals surface area contributed by atoms with Gasteiger partial charge in [-0.2, -0.15) is 0 Å². The highest BCUT2D eigenvalue weighted by Crippen LogP contribution is 2.37. The lowest BCUT2D eigenvalue weighted by atomic mass is 10.1. The molecule has 0 fully saturated rings. The third kappa shape index (κ3) is 4.09. The number of nitrogens with zero attached hydrogens (tertiary/aromatic N) is 3. The average molecular weight is 405 g/mol. The molecule has 132 valence electrons. The van der Waals surface area contributed by atoms with E-state index in [1.165, 1.54) is 4.57 Å². The monoisotopic (exact) mass is 404 g/mol. The van der Waals surface area contributed by atoms with E-state index in [1.807, 2.05) is 49.4 Å². The zero-order valence-electron chi connectivity index (χ0n) is 13.7. The van der Waals surface area contributed by atoms with E-state index in [-0.39, 0.29) is 11.3 Å². The van der Waals surface area contributed by atoms with E-state index < -0.39 is 5.24 Å². The molecule has 0 spiro atoms. The Morgan fingerprint density at radius 1 is 1.19 bits per heavy atom. The van der Waals surface area contributed by atoms with Gasteiger partial charge in [-0.1, -0.05) is 53.3 Å². The first-order valence-electron chi connectivity index (χ1n) is 7.65. The standard InChI is InChI=1S/C18H14Cl2N4OS/c1-11-5-4-6-12(9-11)22-23-17-16(13-7-2-3-8-14(13)19)24(10-15(20)25)18(21)26-17/h2-9,21H,10H2,1H3. The number of carbonyl (C=O) groups is 1. The number of hydrogen-bond donors (Lipinski definition) is 1. The molecule has 0 bridgehead atoms. The molecule has 2 aromatic carbocycles.